The number of nitrogens with zero attached hydrogens (tertiary/aromatic N) is 1. The minimum atomic E-state index is -3.82. The second-order valence-corrected chi connectivity index (χ2v) is 6.45. The number of aromatic nitrogens is 1. The van der Waals surface area contributed by atoms with E-state index in [1.54, 1.807) is 12.1 Å². The van der Waals surface area contributed by atoms with Gasteiger partial charge in [0, 0.05) is 0 Å². The zero-order valence-electron chi connectivity index (χ0n) is 9.27. The summed E-state index contributed by atoms with van der Waals surface area (Å²) < 4.78 is 39.9. The fraction of sp³-hybridized carbons (Fsp3) is 0. The predicted molar refractivity (Wildman–Crippen MR) is 74.2 cm³/mol. The quantitative estimate of drug-likeness (QED) is 0.848. The van der Waals surface area contributed by atoms with Gasteiger partial charge < -0.3 is 0 Å². The third-order valence-corrected chi connectivity index (χ3v) is 4.32. The Bertz CT molecular complexity index is 707. The van der Waals surface area contributed by atoms with Gasteiger partial charge in [0.05, 0.1) is 21.8 Å². The smallest absolute Gasteiger partial charge is 0.261 e. The van der Waals surface area contributed by atoms with Crippen LogP contribution in [-0.4, -0.2) is 13.4 Å². The number of pyridine rings is 1. The lowest BCUT2D eigenvalue weighted by Crippen LogP contribution is -2.13. The molecule has 0 spiro atoms. The SMILES string of the molecule is O=S(=O)(Nc1ccc(Br)nc1)c1ccc(F)c(Cl)c1. The molecule has 8 heteroatoms. The Morgan fingerprint density at radius 1 is 1.26 bits per heavy atom. The number of hydrogen-bond acceptors (Lipinski definition) is 3. The number of sulfonamides is 1. The van der Waals surface area contributed by atoms with E-state index in [9.17, 15) is 12.8 Å². The highest BCUT2D eigenvalue weighted by molar-refractivity contribution is 9.10. The number of rotatable bonds is 3. The van der Waals surface area contributed by atoms with Crippen molar-refractivity contribution in [2.24, 2.45) is 0 Å². The fourth-order valence-electron chi connectivity index (χ4n) is 1.29. The van der Waals surface area contributed by atoms with Crippen molar-refractivity contribution in [2.45, 2.75) is 4.90 Å². The zero-order valence-corrected chi connectivity index (χ0v) is 12.4. The van der Waals surface area contributed by atoms with Crippen LogP contribution in [0.5, 0.6) is 0 Å². The Balaban J connectivity index is 2.32. The average molecular weight is 366 g/mol. The minimum Gasteiger partial charge on any atom is -0.278 e. The molecule has 1 aromatic heterocycles. The van der Waals surface area contributed by atoms with Gasteiger partial charge in [-0.3, -0.25) is 4.72 Å². The van der Waals surface area contributed by atoms with E-state index in [0.717, 1.165) is 18.2 Å². The van der Waals surface area contributed by atoms with Gasteiger partial charge in [0.15, 0.2) is 0 Å². The lowest BCUT2D eigenvalue weighted by Gasteiger charge is -2.08. The van der Waals surface area contributed by atoms with Crippen LogP contribution in [0.25, 0.3) is 0 Å². The van der Waals surface area contributed by atoms with Crippen LogP contribution in [0.15, 0.2) is 46.0 Å². The highest BCUT2D eigenvalue weighted by atomic mass is 79.9. The molecule has 0 radical (unpaired) electrons. The lowest BCUT2D eigenvalue weighted by molar-refractivity contribution is 0.599. The average Bonchev–Trinajstić information content (AvgIpc) is 2.35. The van der Waals surface area contributed by atoms with Gasteiger partial charge in [0.25, 0.3) is 10.0 Å². The summed E-state index contributed by atoms with van der Waals surface area (Å²) in [4.78, 5) is 3.77. The highest BCUT2D eigenvalue weighted by Crippen LogP contribution is 2.21. The predicted octanol–water partition coefficient (Wildman–Crippen LogP) is 3.44. The third kappa shape index (κ3) is 3.43. The van der Waals surface area contributed by atoms with Crippen molar-refractivity contribution in [2.75, 3.05) is 4.72 Å². The van der Waals surface area contributed by atoms with Crippen LogP contribution in [0.3, 0.4) is 0 Å². The number of benzene rings is 1. The lowest BCUT2D eigenvalue weighted by atomic mass is 10.3. The molecule has 0 aliphatic heterocycles. The number of halogens is 3. The maximum absolute atomic E-state index is 13.0. The van der Waals surface area contributed by atoms with Crippen molar-refractivity contribution < 1.29 is 12.8 Å². The Kier molecular flexibility index (Phi) is 4.07. The van der Waals surface area contributed by atoms with Gasteiger partial charge >= 0.3 is 0 Å². The Morgan fingerprint density at radius 2 is 2.00 bits per heavy atom. The summed E-state index contributed by atoms with van der Waals surface area (Å²) in [6, 6.07) is 6.31. The summed E-state index contributed by atoms with van der Waals surface area (Å²) in [5, 5.41) is -0.253. The van der Waals surface area contributed by atoms with E-state index in [-0.39, 0.29) is 9.92 Å². The summed E-state index contributed by atoms with van der Waals surface area (Å²) in [5.41, 5.74) is 0.295. The van der Waals surface area contributed by atoms with Crippen LogP contribution in [0.1, 0.15) is 0 Å². The summed E-state index contributed by atoms with van der Waals surface area (Å²) in [5.74, 6) is -0.675. The molecular formula is C11H7BrClFN2O2S. The topological polar surface area (TPSA) is 59.1 Å². The molecule has 100 valence electrons. The van der Waals surface area contributed by atoms with E-state index in [4.69, 9.17) is 11.6 Å². The molecular weight excluding hydrogens is 359 g/mol. The van der Waals surface area contributed by atoms with Gasteiger partial charge in [0.1, 0.15) is 10.4 Å². The molecule has 0 amide bonds. The largest absolute Gasteiger partial charge is 0.278 e. The summed E-state index contributed by atoms with van der Waals surface area (Å²) >= 11 is 8.70. The van der Waals surface area contributed by atoms with Crippen molar-refractivity contribution in [3.8, 4) is 0 Å². The second kappa shape index (κ2) is 5.44. The van der Waals surface area contributed by atoms with Crippen molar-refractivity contribution in [1.29, 1.82) is 0 Å². The van der Waals surface area contributed by atoms with E-state index >= 15 is 0 Å². The van der Waals surface area contributed by atoms with Crippen molar-refractivity contribution >= 4 is 43.2 Å². The van der Waals surface area contributed by atoms with Crippen molar-refractivity contribution in [3.63, 3.8) is 0 Å². The van der Waals surface area contributed by atoms with Gasteiger partial charge in [-0.05, 0) is 46.3 Å². The van der Waals surface area contributed by atoms with Crippen LogP contribution in [0.4, 0.5) is 10.1 Å². The van der Waals surface area contributed by atoms with Crippen molar-refractivity contribution in [3.05, 3.63) is 52.0 Å². The molecule has 2 rings (SSSR count). The molecule has 0 aliphatic carbocycles. The molecule has 0 bridgehead atoms. The van der Waals surface area contributed by atoms with E-state index in [2.05, 4.69) is 25.6 Å². The molecule has 0 saturated carbocycles. The van der Waals surface area contributed by atoms with Crippen LogP contribution < -0.4 is 4.72 Å². The van der Waals surface area contributed by atoms with E-state index < -0.39 is 15.8 Å². The molecule has 0 aliphatic rings. The minimum absolute atomic E-state index is 0.123. The first-order valence-electron chi connectivity index (χ1n) is 4.98. The van der Waals surface area contributed by atoms with Gasteiger partial charge in [-0.1, -0.05) is 11.6 Å². The van der Waals surface area contributed by atoms with Crippen LogP contribution in [-0.2, 0) is 10.0 Å². The van der Waals surface area contributed by atoms with E-state index in [1.165, 1.54) is 6.20 Å². The first-order chi connectivity index (χ1) is 8.88. The standard InChI is InChI=1S/C11H7BrClFN2O2S/c12-11-4-1-7(6-15-11)16-19(17,18)8-2-3-10(14)9(13)5-8/h1-6,16H. The fourth-order valence-corrected chi connectivity index (χ4v) is 2.84. The van der Waals surface area contributed by atoms with Crippen LogP contribution in [0.2, 0.25) is 5.02 Å². The second-order valence-electron chi connectivity index (χ2n) is 3.55. The highest BCUT2D eigenvalue weighted by Gasteiger charge is 2.16. The molecule has 0 atom stereocenters. The first kappa shape index (κ1) is 14.2. The third-order valence-electron chi connectivity index (χ3n) is 2.18. The zero-order chi connectivity index (χ0) is 14.0. The monoisotopic (exact) mass is 364 g/mol. The van der Waals surface area contributed by atoms with E-state index in [1.807, 2.05) is 0 Å². The summed E-state index contributed by atoms with van der Waals surface area (Å²) in [7, 11) is -3.82. The van der Waals surface area contributed by atoms with Crippen molar-refractivity contribution in [1.82, 2.24) is 4.98 Å². The number of hydrogen-bond donors (Lipinski definition) is 1. The molecule has 0 saturated heterocycles. The summed E-state index contributed by atoms with van der Waals surface area (Å²) in [6.45, 7) is 0. The molecule has 4 nitrogen and oxygen atoms in total. The molecule has 0 unspecified atom stereocenters. The van der Waals surface area contributed by atoms with Gasteiger partial charge in [-0.25, -0.2) is 17.8 Å². The first-order valence-corrected chi connectivity index (χ1v) is 7.63. The van der Waals surface area contributed by atoms with Gasteiger partial charge in [0.2, 0.25) is 0 Å². The Morgan fingerprint density at radius 3 is 2.58 bits per heavy atom. The normalized spacial score (nSPS) is 11.3. The van der Waals surface area contributed by atoms with Gasteiger partial charge in [-0.15, -0.1) is 0 Å². The number of anilines is 1. The maximum Gasteiger partial charge on any atom is 0.261 e. The molecule has 1 aromatic carbocycles. The summed E-state index contributed by atoms with van der Waals surface area (Å²) in [6.07, 6.45) is 1.35. The molecule has 1 heterocycles. The van der Waals surface area contributed by atoms with E-state index in [0.29, 0.717) is 10.3 Å². The molecule has 0 fully saturated rings. The number of nitrogens with one attached hydrogen (secondary N) is 1. The molecule has 19 heavy (non-hydrogen) atoms. The maximum atomic E-state index is 13.0. The Hall–Kier alpha value is -1.18. The van der Waals surface area contributed by atoms with Crippen LogP contribution >= 0.6 is 27.5 Å². The molecule has 2 aromatic rings. The molecule has 1 N–H and O–H groups in total. The Labute approximate surface area is 122 Å². The van der Waals surface area contributed by atoms with Crippen LogP contribution in [0, 0.1) is 5.82 Å². The van der Waals surface area contributed by atoms with Gasteiger partial charge in [-0.2, -0.15) is 0 Å².